The molecule has 1 aliphatic heterocycles. The SMILES string of the molecule is CCOC(=O)N1CCN(c2ccnc(C(=O)Nc3ccc(F)cc3)c2)CC1. The van der Waals surface area contributed by atoms with Crippen molar-refractivity contribution in [3.05, 3.63) is 54.1 Å². The largest absolute Gasteiger partial charge is 0.450 e. The van der Waals surface area contributed by atoms with Crippen molar-refractivity contribution in [1.29, 1.82) is 0 Å². The fourth-order valence-electron chi connectivity index (χ4n) is 2.83. The molecule has 142 valence electrons. The van der Waals surface area contributed by atoms with E-state index in [2.05, 4.69) is 15.2 Å². The molecule has 0 spiro atoms. The van der Waals surface area contributed by atoms with E-state index in [0.717, 1.165) is 5.69 Å². The highest BCUT2D eigenvalue weighted by atomic mass is 19.1. The number of rotatable bonds is 4. The number of benzene rings is 1. The van der Waals surface area contributed by atoms with E-state index in [1.165, 1.54) is 24.3 Å². The first kappa shape index (κ1) is 18.6. The maximum absolute atomic E-state index is 13.0. The molecule has 0 unspecified atom stereocenters. The van der Waals surface area contributed by atoms with Gasteiger partial charge in [-0.05, 0) is 43.3 Å². The summed E-state index contributed by atoms with van der Waals surface area (Å²) < 4.78 is 18.0. The first-order valence-electron chi connectivity index (χ1n) is 8.76. The molecular weight excluding hydrogens is 351 g/mol. The van der Waals surface area contributed by atoms with Gasteiger partial charge in [-0.25, -0.2) is 9.18 Å². The number of pyridine rings is 1. The van der Waals surface area contributed by atoms with Crippen molar-refractivity contribution in [2.24, 2.45) is 0 Å². The molecule has 2 amide bonds. The third-order valence-electron chi connectivity index (χ3n) is 4.25. The van der Waals surface area contributed by atoms with Crippen molar-refractivity contribution in [1.82, 2.24) is 9.88 Å². The number of hydrogen-bond donors (Lipinski definition) is 1. The second kappa shape index (κ2) is 8.48. The highest BCUT2D eigenvalue weighted by molar-refractivity contribution is 6.03. The predicted octanol–water partition coefficient (Wildman–Crippen LogP) is 2.75. The van der Waals surface area contributed by atoms with Gasteiger partial charge in [0.05, 0.1) is 6.61 Å². The predicted molar refractivity (Wildman–Crippen MR) is 99.4 cm³/mol. The van der Waals surface area contributed by atoms with Crippen molar-refractivity contribution >= 4 is 23.4 Å². The second-order valence-corrected chi connectivity index (χ2v) is 6.03. The number of carbonyl (C=O) groups excluding carboxylic acids is 2. The topological polar surface area (TPSA) is 74.8 Å². The van der Waals surface area contributed by atoms with Crippen LogP contribution in [0, 0.1) is 5.82 Å². The average Bonchev–Trinajstić information content (AvgIpc) is 2.70. The van der Waals surface area contributed by atoms with E-state index in [0.29, 0.717) is 38.5 Å². The van der Waals surface area contributed by atoms with E-state index in [1.54, 1.807) is 24.1 Å². The summed E-state index contributed by atoms with van der Waals surface area (Å²) in [7, 11) is 0. The number of nitrogens with one attached hydrogen (secondary N) is 1. The number of anilines is 2. The summed E-state index contributed by atoms with van der Waals surface area (Å²) in [6, 6.07) is 9.08. The zero-order valence-corrected chi connectivity index (χ0v) is 15.0. The lowest BCUT2D eigenvalue weighted by Crippen LogP contribution is -2.49. The van der Waals surface area contributed by atoms with E-state index in [-0.39, 0.29) is 23.5 Å². The van der Waals surface area contributed by atoms with Crippen LogP contribution in [0.15, 0.2) is 42.6 Å². The van der Waals surface area contributed by atoms with E-state index in [9.17, 15) is 14.0 Å². The van der Waals surface area contributed by atoms with Crippen molar-refractivity contribution in [3.63, 3.8) is 0 Å². The van der Waals surface area contributed by atoms with Gasteiger partial charge in [0, 0.05) is 43.8 Å². The molecule has 0 saturated carbocycles. The average molecular weight is 372 g/mol. The number of amides is 2. The lowest BCUT2D eigenvalue weighted by molar-refractivity contribution is 0.102. The maximum Gasteiger partial charge on any atom is 0.409 e. The molecule has 3 rings (SSSR count). The third kappa shape index (κ3) is 4.72. The Morgan fingerprint density at radius 2 is 1.85 bits per heavy atom. The number of nitrogens with zero attached hydrogens (tertiary/aromatic N) is 3. The molecule has 0 atom stereocenters. The van der Waals surface area contributed by atoms with E-state index >= 15 is 0 Å². The first-order valence-corrected chi connectivity index (χ1v) is 8.76. The normalized spacial score (nSPS) is 14.0. The van der Waals surface area contributed by atoms with Crippen LogP contribution in [0.3, 0.4) is 0 Å². The fourth-order valence-corrected chi connectivity index (χ4v) is 2.83. The van der Waals surface area contributed by atoms with Gasteiger partial charge in [-0.2, -0.15) is 0 Å². The molecule has 8 heteroatoms. The fraction of sp³-hybridized carbons (Fsp3) is 0.316. The van der Waals surface area contributed by atoms with Crippen molar-refractivity contribution in [3.8, 4) is 0 Å². The van der Waals surface area contributed by atoms with Crippen LogP contribution in [0.1, 0.15) is 17.4 Å². The van der Waals surface area contributed by atoms with Crippen LogP contribution < -0.4 is 10.2 Å². The van der Waals surface area contributed by atoms with Gasteiger partial charge in [0.1, 0.15) is 11.5 Å². The van der Waals surface area contributed by atoms with Gasteiger partial charge in [0.25, 0.3) is 5.91 Å². The van der Waals surface area contributed by atoms with E-state index in [1.807, 2.05) is 6.07 Å². The molecule has 2 aromatic rings. The zero-order valence-electron chi connectivity index (χ0n) is 15.0. The van der Waals surface area contributed by atoms with Crippen LogP contribution in [0.4, 0.5) is 20.6 Å². The van der Waals surface area contributed by atoms with Crippen molar-refractivity contribution in [2.75, 3.05) is 43.0 Å². The Balaban J connectivity index is 1.63. The van der Waals surface area contributed by atoms with Crippen LogP contribution >= 0.6 is 0 Å². The minimum Gasteiger partial charge on any atom is -0.450 e. The third-order valence-corrected chi connectivity index (χ3v) is 4.25. The van der Waals surface area contributed by atoms with Gasteiger partial charge in [0.15, 0.2) is 0 Å². The van der Waals surface area contributed by atoms with Crippen LogP contribution in [-0.4, -0.2) is 54.7 Å². The standard InChI is InChI=1S/C19H21FN4O3/c1-2-27-19(26)24-11-9-23(10-12-24)16-7-8-21-17(13-16)18(25)22-15-5-3-14(20)4-6-15/h3-8,13H,2,9-12H2,1H3,(H,22,25). The number of ether oxygens (including phenoxy) is 1. The van der Waals surface area contributed by atoms with Gasteiger partial charge < -0.3 is 19.9 Å². The second-order valence-electron chi connectivity index (χ2n) is 6.03. The molecule has 1 aliphatic rings. The Bertz CT molecular complexity index is 805. The lowest BCUT2D eigenvalue weighted by atomic mass is 10.2. The minimum atomic E-state index is -0.367. The molecular formula is C19H21FN4O3. The smallest absolute Gasteiger partial charge is 0.409 e. The summed E-state index contributed by atoms with van der Waals surface area (Å²) in [6.07, 6.45) is 1.28. The molecule has 0 radical (unpaired) electrons. The summed E-state index contributed by atoms with van der Waals surface area (Å²) in [5.74, 6) is -0.733. The minimum absolute atomic E-state index is 0.268. The molecule has 0 aliphatic carbocycles. The van der Waals surface area contributed by atoms with Crippen LogP contribution in [0.25, 0.3) is 0 Å². The summed E-state index contributed by atoms with van der Waals surface area (Å²) >= 11 is 0. The molecule has 1 aromatic heterocycles. The molecule has 1 N–H and O–H groups in total. The maximum atomic E-state index is 13.0. The lowest BCUT2D eigenvalue weighted by Gasteiger charge is -2.35. The van der Waals surface area contributed by atoms with Gasteiger partial charge in [0.2, 0.25) is 0 Å². The zero-order chi connectivity index (χ0) is 19.2. The molecule has 1 fully saturated rings. The number of aromatic nitrogens is 1. The van der Waals surface area contributed by atoms with E-state index in [4.69, 9.17) is 4.74 Å². The summed E-state index contributed by atoms with van der Waals surface area (Å²) in [5.41, 5.74) is 1.62. The molecule has 1 aromatic carbocycles. The molecule has 0 bridgehead atoms. The highest BCUT2D eigenvalue weighted by Crippen LogP contribution is 2.18. The Morgan fingerprint density at radius 3 is 2.52 bits per heavy atom. The van der Waals surface area contributed by atoms with Crippen molar-refractivity contribution < 1.29 is 18.7 Å². The Hall–Kier alpha value is -3.16. The number of hydrogen-bond acceptors (Lipinski definition) is 5. The number of halogens is 1. The van der Waals surface area contributed by atoms with E-state index < -0.39 is 0 Å². The van der Waals surface area contributed by atoms with Crippen molar-refractivity contribution in [2.45, 2.75) is 6.92 Å². The summed E-state index contributed by atoms with van der Waals surface area (Å²) in [6.45, 7) is 4.53. The molecule has 7 nitrogen and oxygen atoms in total. The molecule has 2 heterocycles. The Morgan fingerprint density at radius 1 is 1.15 bits per heavy atom. The van der Waals surface area contributed by atoms with Gasteiger partial charge in [-0.3, -0.25) is 9.78 Å². The Kier molecular flexibility index (Phi) is 5.85. The molecule has 1 saturated heterocycles. The quantitative estimate of drug-likeness (QED) is 0.893. The molecule has 27 heavy (non-hydrogen) atoms. The van der Waals surface area contributed by atoms with Gasteiger partial charge in [-0.15, -0.1) is 0 Å². The highest BCUT2D eigenvalue weighted by Gasteiger charge is 2.22. The number of piperazine rings is 1. The van der Waals surface area contributed by atoms with Crippen LogP contribution in [0.2, 0.25) is 0 Å². The first-order chi connectivity index (χ1) is 13.1. The summed E-state index contributed by atoms with van der Waals surface area (Å²) in [5, 5.41) is 2.70. The van der Waals surface area contributed by atoms with Crippen LogP contribution in [-0.2, 0) is 4.74 Å². The van der Waals surface area contributed by atoms with Gasteiger partial charge >= 0.3 is 6.09 Å². The summed E-state index contributed by atoms with van der Waals surface area (Å²) in [4.78, 5) is 32.0. The Labute approximate surface area is 156 Å². The van der Waals surface area contributed by atoms with Crippen LogP contribution in [0.5, 0.6) is 0 Å². The number of carbonyl (C=O) groups is 2. The monoisotopic (exact) mass is 372 g/mol. The van der Waals surface area contributed by atoms with Gasteiger partial charge in [-0.1, -0.05) is 0 Å².